The van der Waals surface area contributed by atoms with Crippen molar-refractivity contribution in [2.45, 2.75) is 18.6 Å². The molecule has 0 N–H and O–H groups in total. The highest BCUT2D eigenvalue weighted by atomic mass is 16.7. The molecule has 0 unspecified atom stereocenters. The molecule has 2 heterocycles. The Bertz CT molecular complexity index is 1110. The maximum absolute atomic E-state index is 11.8. The van der Waals surface area contributed by atoms with Crippen molar-refractivity contribution < 1.29 is 28.5 Å². The first kappa shape index (κ1) is 22.3. The van der Waals surface area contributed by atoms with Gasteiger partial charge < -0.3 is 28.6 Å². The van der Waals surface area contributed by atoms with E-state index in [1.165, 1.54) is 7.11 Å². The minimum Gasteiger partial charge on any atom is -0.492 e. The highest BCUT2D eigenvalue weighted by molar-refractivity contribution is 5.78. The van der Waals surface area contributed by atoms with Crippen molar-refractivity contribution in [3.05, 3.63) is 78.4 Å². The summed E-state index contributed by atoms with van der Waals surface area (Å²) >= 11 is 0. The molecular weight excluding hydrogens is 434 g/mol. The lowest BCUT2D eigenvalue weighted by Gasteiger charge is -2.35. The largest absolute Gasteiger partial charge is 0.492 e. The number of rotatable bonds is 6. The summed E-state index contributed by atoms with van der Waals surface area (Å²) in [6.07, 6.45) is 0. The first-order chi connectivity index (χ1) is 16.6. The molecule has 2 aliphatic rings. The van der Waals surface area contributed by atoms with Crippen LogP contribution in [0.2, 0.25) is 0 Å². The van der Waals surface area contributed by atoms with Gasteiger partial charge in [0.1, 0.15) is 12.4 Å². The maximum Gasteiger partial charge on any atom is 0.366 e. The van der Waals surface area contributed by atoms with Gasteiger partial charge in [0.15, 0.2) is 11.5 Å². The van der Waals surface area contributed by atoms with E-state index >= 15 is 0 Å². The summed E-state index contributed by atoms with van der Waals surface area (Å²) in [5.41, 5.74) is 3.11. The van der Waals surface area contributed by atoms with Gasteiger partial charge in [-0.15, -0.1) is 0 Å². The number of hydrogen-bond donors (Lipinski definition) is 0. The number of carbonyl (C=O) groups excluding carboxylic acids is 1. The molecule has 0 aliphatic carbocycles. The summed E-state index contributed by atoms with van der Waals surface area (Å²) in [6, 6.07) is 23.9. The van der Waals surface area contributed by atoms with Gasteiger partial charge in [-0.2, -0.15) is 0 Å². The van der Waals surface area contributed by atoms with Gasteiger partial charge in [0.25, 0.3) is 5.79 Å². The van der Waals surface area contributed by atoms with Gasteiger partial charge >= 0.3 is 5.97 Å². The zero-order valence-electron chi connectivity index (χ0n) is 19.2. The Morgan fingerprint density at radius 3 is 2.12 bits per heavy atom. The quantitative estimate of drug-likeness (QED) is 0.477. The van der Waals surface area contributed by atoms with Crippen molar-refractivity contribution in [1.29, 1.82) is 0 Å². The fourth-order valence-corrected chi connectivity index (χ4v) is 4.22. The van der Waals surface area contributed by atoms with Gasteiger partial charge in [-0.05, 0) is 42.0 Å². The molecule has 0 atom stereocenters. The number of esters is 1. The molecule has 0 aromatic heterocycles. The summed E-state index contributed by atoms with van der Waals surface area (Å²) < 4.78 is 28.2. The Hall–Kier alpha value is -3.55. The molecule has 0 radical (unpaired) electrons. The lowest BCUT2D eigenvalue weighted by Crippen LogP contribution is -2.47. The van der Waals surface area contributed by atoms with Crippen LogP contribution in [0, 0.1) is 0 Å². The van der Waals surface area contributed by atoms with Crippen LogP contribution in [-0.4, -0.2) is 45.2 Å². The Labute approximate surface area is 198 Å². The number of anilines is 2. The molecule has 2 aliphatic heterocycles. The number of ether oxygens (including phenoxy) is 5. The van der Waals surface area contributed by atoms with Crippen LogP contribution in [0.25, 0.3) is 0 Å². The van der Waals surface area contributed by atoms with Gasteiger partial charge in [0.2, 0.25) is 0 Å². The highest BCUT2D eigenvalue weighted by Crippen LogP contribution is 2.45. The second kappa shape index (κ2) is 9.37. The number of hydrogen-bond acceptors (Lipinski definition) is 7. The molecule has 0 spiro atoms. The Kier molecular flexibility index (Phi) is 6.13. The van der Waals surface area contributed by atoms with Crippen molar-refractivity contribution in [2.75, 3.05) is 38.4 Å². The molecule has 5 rings (SSSR count). The molecule has 3 aromatic carbocycles. The molecule has 34 heavy (non-hydrogen) atoms. The first-order valence-corrected chi connectivity index (χ1v) is 11.3. The average Bonchev–Trinajstić information content (AvgIpc) is 2.88. The second-order valence-electron chi connectivity index (χ2n) is 8.36. The third kappa shape index (κ3) is 4.32. The Balaban J connectivity index is 1.20. The predicted octanol–water partition coefficient (Wildman–Crippen LogP) is 5.03. The van der Waals surface area contributed by atoms with Crippen molar-refractivity contribution in [1.82, 2.24) is 0 Å². The summed E-state index contributed by atoms with van der Waals surface area (Å²) in [6.45, 7) is 3.52. The van der Waals surface area contributed by atoms with Crippen molar-refractivity contribution >= 4 is 17.3 Å². The third-order valence-corrected chi connectivity index (χ3v) is 6.14. The van der Waals surface area contributed by atoms with Crippen molar-refractivity contribution in [3.8, 4) is 17.2 Å². The monoisotopic (exact) mass is 461 g/mol. The first-order valence-electron chi connectivity index (χ1n) is 11.3. The standard InChI is InChI=1S/C27H27NO6/c1-27(26(29)30-2)32-17-20(18-33-27)19-11-13-21(14-12-19)31-16-15-28-22-7-3-5-9-24(22)34-25-10-6-4-8-23(25)28/h3-14,20H,15-18H2,1-2H3. The Morgan fingerprint density at radius 2 is 1.53 bits per heavy atom. The lowest BCUT2D eigenvalue weighted by atomic mass is 9.99. The van der Waals surface area contributed by atoms with Crippen LogP contribution >= 0.6 is 0 Å². The van der Waals surface area contributed by atoms with Gasteiger partial charge in [-0.1, -0.05) is 36.4 Å². The minimum absolute atomic E-state index is 0.0353. The van der Waals surface area contributed by atoms with Crippen molar-refractivity contribution in [3.63, 3.8) is 0 Å². The Morgan fingerprint density at radius 1 is 0.941 bits per heavy atom. The SMILES string of the molecule is COC(=O)C1(C)OCC(c2ccc(OCCN3c4ccccc4Oc4ccccc43)cc2)CO1. The van der Waals surface area contributed by atoms with E-state index in [0.717, 1.165) is 34.2 Å². The minimum atomic E-state index is -1.34. The van der Waals surface area contributed by atoms with E-state index < -0.39 is 11.8 Å². The van der Waals surface area contributed by atoms with Crippen LogP contribution in [0.5, 0.6) is 17.2 Å². The summed E-state index contributed by atoms with van der Waals surface area (Å²) in [5.74, 6) is 0.630. The van der Waals surface area contributed by atoms with Crippen LogP contribution in [0.1, 0.15) is 18.4 Å². The number of carbonyl (C=O) groups is 1. The molecule has 176 valence electrons. The zero-order chi connectivity index (χ0) is 23.5. The summed E-state index contributed by atoms with van der Waals surface area (Å²) in [4.78, 5) is 14.0. The van der Waals surface area contributed by atoms with Gasteiger partial charge in [0.05, 0.1) is 38.2 Å². The number of methoxy groups -OCH3 is 1. The van der Waals surface area contributed by atoms with E-state index in [0.29, 0.717) is 26.4 Å². The molecule has 7 nitrogen and oxygen atoms in total. The fourth-order valence-electron chi connectivity index (χ4n) is 4.22. The maximum atomic E-state index is 11.8. The predicted molar refractivity (Wildman–Crippen MR) is 127 cm³/mol. The smallest absolute Gasteiger partial charge is 0.366 e. The van der Waals surface area contributed by atoms with Gasteiger partial charge in [0, 0.05) is 12.8 Å². The van der Waals surface area contributed by atoms with E-state index in [1.807, 2.05) is 60.7 Å². The molecule has 3 aromatic rings. The molecule has 0 bridgehead atoms. The number of nitrogens with zero attached hydrogens (tertiary/aromatic N) is 1. The number of para-hydroxylation sites is 4. The van der Waals surface area contributed by atoms with Crippen LogP contribution in [0.15, 0.2) is 72.8 Å². The second-order valence-corrected chi connectivity index (χ2v) is 8.36. The molecule has 0 saturated carbocycles. The van der Waals surface area contributed by atoms with Crippen LogP contribution < -0.4 is 14.4 Å². The molecule has 1 fully saturated rings. The van der Waals surface area contributed by atoms with Gasteiger partial charge in [-0.25, -0.2) is 4.79 Å². The third-order valence-electron chi connectivity index (χ3n) is 6.14. The van der Waals surface area contributed by atoms with E-state index in [-0.39, 0.29) is 5.92 Å². The summed E-state index contributed by atoms with van der Waals surface area (Å²) in [7, 11) is 1.32. The van der Waals surface area contributed by atoms with E-state index in [9.17, 15) is 4.79 Å². The fraction of sp³-hybridized carbons (Fsp3) is 0.296. The zero-order valence-corrected chi connectivity index (χ0v) is 19.2. The van der Waals surface area contributed by atoms with Crippen LogP contribution in [-0.2, 0) is 19.0 Å². The molecular formula is C27H27NO6. The highest BCUT2D eigenvalue weighted by Gasteiger charge is 2.41. The van der Waals surface area contributed by atoms with E-state index in [1.54, 1.807) is 6.92 Å². The number of fused-ring (bicyclic) bond motifs is 2. The van der Waals surface area contributed by atoms with E-state index in [2.05, 4.69) is 17.0 Å². The topological polar surface area (TPSA) is 66.5 Å². The lowest BCUT2D eigenvalue weighted by molar-refractivity contribution is -0.264. The number of benzene rings is 3. The van der Waals surface area contributed by atoms with Crippen LogP contribution in [0.3, 0.4) is 0 Å². The summed E-state index contributed by atoms with van der Waals surface area (Å²) in [5, 5.41) is 0. The van der Waals surface area contributed by atoms with Gasteiger partial charge in [-0.3, -0.25) is 0 Å². The normalized spacial score (nSPS) is 21.1. The molecule has 7 heteroatoms. The molecule has 1 saturated heterocycles. The van der Waals surface area contributed by atoms with Crippen molar-refractivity contribution in [2.24, 2.45) is 0 Å². The van der Waals surface area contributed by atoms with E-state index in [4.69, 9.17) is 23.7 Å². The molecule has 0 amide bonds. The van der Waals surface area contributed by atoms with Crippen LogP contribution in [0.4, 0.5) is 11.4 Å². The average molecular weight is 462 g/mol.